The molecular weight excluding hydrogens is 502 g/mol. The molecule has 0 radical (unpaired) electrons. The molecule has 36 heavy (non-hydrogen) atoms. The van der Waals surface area contributed by atoms with Gasteiger partial charge in [-0.1, -0.05) is 35.9 Å². The fourth-order valence-corrected chi connectivity index (χ4v) is 3.81. The summed E-state index contributed by atoms with van der Waals surface area (Å²) in [5.41, 5.74) is 1.55. The quantitative estimate of drug-likeness (QED) is 0.275. The Labute approximate surface area is 217 Å². The summed E-state index contributed by atoms with van der Waals surface area (Å²) < 4.78 is 11.0. The summed E-state index contributed by atoms with van der Waals surface area (Å²) in [6.07, 6.45) is 1.44. The van der Waals surface area contributed by atoms with E-state index < -0.39 is 11.8 Å². The molecule has 3 aromatic rings. The molecule has 1 saturated heterocycles. The van der Waals surface area contributed by atoms with Gasteiger partial charge in [0.2, 0.25) is 0 Å². The van der Waals surface area contributed by atoms with Crippen LogP contribution < -0.4 is 25.0 Å². The summed E-state index contributed by atoms with van der Waals surface area (Å²) in [6.45, 7) is -0.260. The first-order valence-corrected chi connectivity index (χ1v) is 11.5. The number of hydrogen-bond donors (Lipinski definition) is 2. The van der Waals surface area contributed by atoms with Crippen LogP contribution in [0, 0.1) is 0 Å². The monoisotopic (exact) mass is 521 g/mol. The minimum absolute atomic E-state index is 0.00607. The number of thiocarbonyl (C=S) groups is 1. The molecule has 10 heteroatoms. The van der Waals surface area contributed by atoms with Gasteiger partial charge in [0.25, 0.3) is 17.7 Å². The fourth-order valence-electron chi connectivity index (χ4n) is 3.40. The summed E-state index contributed by atoms with van der Waals surface area (Å²) >= 11 is 11.1. The van der Waals surface area contributed by atoms with Crippen molar-refractivity contribution in [2.24, 2.45) is 0 Å². The molecule has 1 aliphatic heterocycles. The minimum Gasteiger partial charge on any atom is -0.493 e. The summed E-state index contributed by atoms with van der Waals surface area (Å²) in [4.78, 5) is 39.2. The Hall–Kier alpha value is -4.21. The molecule has 1 fully saturated rings. The minimum atomic E-state index is -0.602. The fraction of sp³-hybridized carbons (Fsp3) is 0.0769. The molecule has 0 bridgehead atoms. The summed E-state index contributed by atoms with van der Waals surface area (Å²) in [5, 5.41) is 5.82. The van der Waals surface area contributed by atoms with Crippen LogP contribution in [0.4, 0.5) is 11.4 Å². The number of rotatable bonds is 7. The van der Waals surface area contributed by atoms with Crippen molar-refractivity contribution < 1.29 is 23.9 Å². The van der Waals surface area contributed by atoms with E-state index in [2.05, 4.69) is 10.6 Å². The van der Waals surface area contributed by atoms with Gasteiger partial charge in [-0.05, 0) is 72.4 Å². The van der Waals surface area contributed by atoms with Gasteiger partial charge >= 0.3 is 0 Å². The van der Waals surface area contributed by atoms with Gasteiger partial charge < -0.3 is 14.8 Å². The van der Waals surface area contributed by atoms with E-state index in [9.17, 15) is 14.4 Å². The summed E-state index contributed by atoms with van der Waals surface area (Å²) in [7, 11) is 1.45. The molecule has 4 rings (SSSR count). The van der Waals surface area contributed by atoms with E-state index in [-0.39, 0.29) is 23.2 Å². The molecular formula is C26H20ClN3O5S. The second kappa shape index (κ2) is 11.0. The number of nitrogens with one attached hydrogen (secondary N) is 2. The maximum Gasteiger partial charge on any atom is 0.270 e. The van der Waals surface area contributed by atoms with Gasteiger partial charge in [0, 0.05) is 10.7 Å². The first-order valence-electron chi connectivity index (χ1n) is 10.7. The lowest BCUT2D eigenvalue weighted by Gasteiger charge is -2.28. The molecule has 1 heterocycles. The maximum atomic E-state index is 13.1. The van der Waals surface area contributed by atoms with Gasteiger partial charge in [-0.25, -0.2) is 0 Å². The number of methoxy groups -OCH3 is 1. The number of hydrogen-bond acceptors (Lipinski definition) is 6. The normalized spacial score (nSPS) is 14.4. The number of ether oxygens (including phenoxy) is 2. The number of amides is 3. The standard InChI is InChI=1S/C26H20ClN3O5S/c1-34-22-14-16(7-12-21(22)35-15-23(31)28-18-10-8-17(27)9-11-18)13-20-24(32)29-26(36)30(25(20)33)19-5-3-2-4-6-19/h2-14H,15H2,1H3,(H,28,31)(H,29,32,36)/b20-13-. The molecule has 3 amide bonds. The van der Waals surface area contributed by atoms with Gasteiger partial charge in [0.15, 0.2) is 23.2 Å². The largest absolute Gasteiger partial charge is 0.493 e. The van der Waals surface area contributed by atoms with Gasteiger partial charge in [-0.15, -0.1) is 0 Å². The zero-order valence-corrected chi connectivity index (χ0v) is 20.6. The number of carbonyl (C=O) groups excluding carboxylic acids is 3. The van der Waals surface area contributed by atoms with Gasteiger partial charge in [0.05, 0.1) is 12.8 Å². The lowest BCUT2D eigenvalue weighted by molar-refractivity contribution is -0.122. The van der Waals surface area contributed by atoms with E-state index in [4.69, 9.17) is 33.3 Å². The molecule has 182 valence electrons. The van der Waals surface area contributed by atoms with Crippen LogP contribution >= 0.6 is 23.8 Å². The van der Waals surface area contributed by atoms with Crippen molar-refractivity contribution in [2.75, 3.05) is 23.9 Å². The molecule has 0 spiro atoms. The Morgan fingerprint density at radius 2 is 1.78 bits per heavy atom. The van der Waals surface area contributed by atoms with Crippen LogP contribution in [-0.4, -0.2) is 36.6 Å². The highest BCUT2D eigenvalue weighted by Crippen LogP contribution is 2.30. The molecule has 0 atom stereocenters. The number of para-hydroxylation sites is 1. The molecule has 0 unspecified atom stereocenters. The second-order valence-electron chi connectivity index (χ2n) is 7.55. The zero-order valence-electron chi connectivity index (χ0n) is 19.0. The van der Waals surface area contributed by atoms with Gasteiger partial charge in [-0.3, -0.25) is 24.6 Å². The first kappa shape index (κ1) is 24.9. The molecule has 3 aromatic carbocycles. The average Bonchev–Trinajstić information content (AvgIpc) is 2.87. The molecule has 0 aromatic heterocycles. The van der Waals surface area contributed by atoms with E-state index in [1.54, 1.807) is 66.7 Å². The SMILES string of the molecule is COc1cc(/C=C2/C(=O)NC(=S)N(c3ccccc3)C2=O)ccc1OCC(=O)Nc1ccc(Cl)cc1. The second-order valence-corrected chi connectivity index (χ2v) is 8.37. The van der Waals surface area contributed by atoms with Crippen molar-refractivity contribution in [1.29, 1.82) is 0 Å². The highest BCUT2D eigenvalue weighted by atomic mass is 35.5. The first-order chi connectivity index (χ1) is 17.4. The van der Waals surface area contributed by atoms with Crippen LogP contribution in [0.15, 0.2) is 78.4 Å². The van der Waals surface area contributed by atoms with Gasteiger partial charge in [0.1, 0.15) is 5.57 Å². The van der Waals surface area contributed by atoms with Crippen LogP contribution in [0.25, 0.3) is 6.08 Å². The molecule has 0 saturated carbocycles. The Morgan fingerprint density at radius 1 is 1.06 bits per heavy atom. The van der Waals surface area contributed by atoms with Crippen molar-refractivity contribution in [3.05, 3.63) is 89.0 Å². The van der Waals surface area contributed by atoms with E-state index in [0.29, 0.717) is 33.5 Å². The van der Waals surface area contributed by atoms with Crippen LogP contribution in [0.1, 0.15) is 5.56 Å². The topological polar surface area (TPSA) is 97.0 Å². The van der Waals surface area contributed by atoms with Crippen molar-refractivity contribution in [3.8, 4) is 11.5 Å². The zero-order chi connectivity index (χ0) is 25.7. The van der Waals surface area contributed by atoms with Crippen molar-refractivity contribution in [3.63, 3.8) is 0 Å². The third kappa shape index (κ3) is 5.70. The van der Waals surface area contributed by atoms with Crippen LogP contribution in [0.3, 0.4) is 0 Å². The Balaban J connectivity index is 1.49. The molecule has 8 nitrogen and oxygen atoms in total. The van der Waals surface area contributed by atoms with Crippen molar-refractivity contribution >= 4 is 64.1 Å². The Kier molecular flexibility index (Phi) is 7.62. The molecule has 1 aliphatic rings. The average molecular weight is 522 g/mol. The molecule has 2 N–H and O–H groups in total. The number of nitrogens with zero attached hydrogens (tertiary/aromatic N) is 1. The summed E-state index contributed by atoms with van der Waals surface area (Å²) in [5.74, 6) is -0.879. The van der Waals surface area contributed by atoms with Crippen molar-refractivity contribution in [1.82, 2.24) is 5.32 Å². The van der Waals surface area contributed by atoms with E-state index in [1.165, 1.54) is 18.1 Å². The van der Waals surface area contributed by atoms with E-state index >= 15 is 0 Å². The number of carbonyl (C=O) groups is 3. The summed E-state index contributed by atoms with van der Waals surface area (Å²) in [6, 6.07) is 20.3. The lowest BCUT2D eigenvalue weighted by Crippen LogP contribution is -2.54. The van der Waals surface area contributed by atoms with E-state index in [1.807, 2.05) is 6.07 Å². The predicted octanol–water partition coefficient (Wildman–Crippen LogP) is 4.20. The smallest absolute Gasteiger partial charge is 0.270 e. The number of benzene rings is 3. The van der Waals surface area contributed by atoms with Crippen LogP contribution in [0.2, 0.25) is 5.02 Å². The van der Waals surface area contributed by atoms with Crippen molar-refractivity contribution in [2.45, 2.75) is 0 Å². The lowest BCUT2D eigenvalue weighted by atomic mass is 10.1. The third-order valence-electron chi connectivity index (χ3n) is 5.10. The Morgan fingerprint density at radius 3 is 2.47 bits per heavy atom. The van der Waals surface area contributed by atoms with Gasteiger partial charge in [-0.2, -0.15) is 0 Å². The number of anilines is 2. The third-order valence-corrected chi connectivity index (χ3v) is 5.64. The van der Waals surface area contributed by atoms with Crippen LogP contribution in [0.5, 0.6) is 11.5 Å². The van der Waals surface area contributed by atoms with E-state index in [0.717, 1.165) is 0 Å². The maximum absolute atomic E-state index is 13.1. The highest BCUT2D eigenvalue weighted by Gasteiger charge is 2.34. The number of halogens is 1. The highest BCUT2D eigenvalue weighted by molar-refractivity contribution is 7.80. The Bertz CT molecular complexity index is 1360. The van der Waals surface area contributed by atoms with Crippen LogP contribution in [-0.2, 0) is 14.4 Å². The predicted molar refractivity (Wildman–Crippen MR) is 141 cm³/mol. The molecule has 0 aliphatic carbocycles.